The van der Waals surface area contributed by atoms with E-state index in [1.165, 1.54) is 6.33 Å². The van der Waals surface area contributed by atoms with E-state index >= 15 is 0 Å². The Labute approximate surface area is 129 Å². The first-order chi connectivity index (χ1) is 10.8. The summed E-state index contributed by atoms with van der Waals surface area (Å²) in [4.78, 5) is 19.9. The number of anilines is 1. The first kappa shape index (κ1) is 16.2. The average Bonchev–Trinajstić information content (AvgIpc) is 2.92. The molecule has 22 heavy (non-hydrogen) atoms. The Hall–Kier alpha value is -2.22. The summed E-state index contributed by atoms with van der Waals surface area (Å²) < 4.78 is 6.78. The van der Waals surface area contributed by atoms with Crippen LogP contribution in [0.1, 0.15) is 19.8 Å². The summed E-state index contributed by atoms with van der Waals surface area (Å²) in [5, 5.41) is 11.2. The van der Waals surface area contributed by atoms with Crippen LogP contribution < -0.4 is 10.6 Å². The van der Waals surface area contributed by atoms with Crippen LogP contribution in [-0.2, 0) is 16.1 Å². The summed E-state index contributed by atoms with van der Waals surface area (Å²) >= 11 is 0. The van der Waals surface area contributed by atoms with E-state index in [0.717, 1.165) is 23.3 Å². The van der Waals surface area contributed by atoms with Gasteiger partial charge in [0.25, 0.3) is 0 Å². The first-order valence-electron chi connectivity index (χ1n) is 7.42. The predicted octanol–water partition coefficient (Wildman–Crippen LogP) is 0.801. The number of aromatic nitrogens is 4. The van der Waals surface area contributed by atoms with Gasteiger partial charge in [-0.25, -0.2) is 14.6 Å². The molecule has 0 fully saturated rings. The fraction of sp³-hybridized carbons (Fsp3) is 0.571. The summed E-state index contributed by atoms with van der Waals surface area (Å²) in [5.41, 5.74) is 0.750. The lowest BCUT2D eigenvalue weighted by molar-refractivity contribution is -0.121. The molecule has 0 saturated carbocycles. The molecule has 0 aliphatic carbocycles. The predicted molar refractivity (Wildman–Crippen MR) is 83.6 cm³/mol. The lowest BCUT2D eigenvalue weighted by Gasteiger charge is -2.07. The van der Waals surface area contributed by atoms with Gasteiger partial charge in [-0.1, -0.05) is 6.92 Å². The number of amides is 1. The summed E-state index contributed by atoms with van der Waals surface area (Å²) in [6, 6.07) is 0. The molecular formula is C14H22N6O2. The molecular weight excluding hydrogens is 284 g/mol. The van der Waals surface area contributed by atoms with Gasteiger partial charge in [0.2, 0.25) is 5.91 Å². The van der Waals surface area contributed by atoms with Gasteiger partial charge in [0.15, 0.2) is 5.65 Å². The summed E-state index contributed by atoms with van der Waals surface area (Å²) in [6.07, 6.45) is 4.64. The minimum Gasteiger partial charge on any atom is -0.383 e. The quantitative estimate of drug-likeness (QED) is 0.666. The van der Waals surface area contributed by atoms with Crippen LogP contribution in [0.2, 0.25) is 0 Å². The highest BCUT2D eigenvalue weighted by Crippen LogP contribution is 2.17. The number of carbonyl (C=O) groups is 1. The van der Waals surface area contributed by atoms with Crippen molar-refractivity contribution in [1.29, 1.82) is 0 Å². The van der Waals surface area contributed by atoms with Crippen molar-refractivity contribution < 1.29 is 9.53 Å². The standard InChI is InChI=1S/C14H22N6O2/c1-3-4-12(21)15-5-7-20-14-11(9-19-20)13(17-10-18-14)16-6-8-22-2/h9-10H,3-8H2,1-2H3,(H,15,21)(H,16,17,18). The Morgan fingerprint density at radius 3 is 3.00 bits per heavy atom. The van der Waals surface area contributed by atoms with E-state index in [4.69, 9.17) is 4.74 Å². The Morgan fingerprint density at radius 2 is 2.23 bits per heavy atom. The van der Waals surface area contributed by atoms with E-state index in [2.05, 4.69) is 25.7 Å². The highest BCUT2D eigenvalue weighted by atomic mass is 16.5. The van der Waals surface area contributed by atoms with Crippen LogP contribution in [0.15, 0.2) is 12.5 Å². The van der Waals surface area contributed by atoms with Gasteiger partial charge in [0.05, 0.1) is 24.7 Å². The molecule has 0 aromatic carbocycles. The summed E-state index contributed by atoms with van der Waals surface area (Å²) in [6.45, 7) is 4.36. The van der Waals surface area contributed by atoms with E-state index in [1.54, 1.807) is 18.0 Å². The van der Waals surface area contributed by atoms with Crippen molar-refractivity contribution in [3.8, 4) is 0 Å². The van der Waals surface area contributed by atoms with Crippen LogP contribution >= 0.6 is 0 Å². The smallest absolute Gasteiger partial charge is 0.220 e. The molecule has 0 spiro atoms. The maximum atomic E-state index is 11.4. The zero-order chi connectivity index (χ0) is 15.8. The zero-order valence-corrected chi connectivity index (χ0v) is 13.0. The van der Waals surface area contributed by atoms with Crippen LogP contribution in [0.3, 0.4) is 0 Å². The normalized spacial score (nSPS) is 10.8. The molecule has 2 heterocycles. The Balaban J connectivity index is 2.00. The number of nitrogens with one attached hydrogen (secondary N) is 2. The Morgan fingerprint density at radius 1 is 1.36 bits per heavy atom. The van der Waals surface area contributed by atoms with Crippen LogP contribution in [0.5, 0.6) is 0 Å². The summed E-state index contributed by atoms with van der Waals surface area (Å²) in [5.74, 6) is 0.804. The molecule has 0 unspecified atom stereocenters. The van der Waals surface area contributed by atoms with Crippen molar-refractivity contribution in [1.82, 2.24) is 25.1 Å². The van der Waals surface area contributed by atoms with Crippen LogP contribution in [0, 0.1) is 0 Å². The second-order valence-corrected chi connectivity index (χ2v) is 4.85. The second-order valence-electron chi connectivity index (χ2n) is 4.85. The maximum Gasteiger partial charge on any atom is 0.220 e. The van der Waals surface area contributed by atoms with Crippen LogP contribution in [-0.4, -0.2) is 52.5 Å². The van der Waals surface area contributed by atoms with Gasteiger partial charge in [-0.2, -0.15) is 5.10 Å². The molecule has 0 radical (unpaired) electrons. The maximum absolute atomic E-state index is 11.4. The third-order valence-corrected chi connectivity index (χ3v) is 3.16. The minimum absolute atomic E-state index is 0.0653. The fourth-order valence-corrected chi connectivity index (χ4v) is 2.09. The van der Waals surface area contributed by atoms with Crippen LogP contribution in [0.4, 0.5) is 5.82 Å². The topological polar surface area (TPSA) is 94.0 Å². The Bertz CT molecular complexity index is 612. The third kappa shape index (κ3) is 4.14. The largest absolute Gasteiger partial charge is 0.383 e. The monoisotopic (exact) mass is 306 g/mol. The molecule has 8 nitrogen and oxygen atoms in total. The van der Waals surface area contributed by atoms with Gasteiger partial charge in [-0.3, -0.25) is 4.79 Å². The molecule has 2 N–H and O–H groups in total. The molecule has 0 aliphatic heterocycles. The van der Waals surface area contributed by atoms with Crippen molar-refractivity contribution in [3.05, 3.63) is 12.5 Å². The van der Waals surface area contributed by atoms with Crippen molar-refractivity contribution in [2.75, 3.05) is 32.1 Å². The number of hydrogen-bond acceptors (Lipinski definition) is 6. The Kier molecular flexibility index (Phi) is 6.08. The van der Waals surface area contributed by atoms with Crippen molar-refractivity contribution in [3.63, 3.8) is 0 Å². The molecule has 2 aromatic heterocycles. The molecule has 0 saturated heterocycles. The van der Waals surface area contributed by atoms with Gasteiger partial charge in [-0.05, 0) is 6.42 Å². The third-order valence-electron chi connectivity index (χ3n) is 3.16. The number of ether oxygens (including phenoxy) is 1. The minimum atomic E-state index is 0.0653. The molecule has 2 aromatic rings. The van der Waals surface area contributed by atoms with E-state index in [-0.39, 0.29) is 5.91 Å². The van der Waals surface area contributed by atoms with Gasteiger partial charge in [-0.15, -0.1) is 0 Å². The highest BCUT2D eigenvalue weighted by Gasteiger charge is 2.09. The number of methoxy groups -OCH3 is 1. The molecule has 0 aliphatic rings. The van der Waals surface area contributed by atoms with Crippen LogP contribution in [0.25, 0.3) is 11.0 Å². The van der Waals surface area contributed by atoms with E-state index < -0.39 is 0 Å². The molecule has 8 heteroatoms. The first-order valence-corrected chi connectivity index (χ1v) is 7.42. The van der Waals surface area contributed by atoms with Gasteiger partial charge < -0.3 is 15.4 Å². The van der Waals surface area contributed by atoms with E-state index in [0.29, 0.717) is 32.7 Å². The van der Waals surface area contributed by atoms with E-state index in [1.807, 2.05) is 6.92 Å². The molecule has 0 atom stereocenters. The van der Waals surface area contributed by atoms with Gasteiger partial charge in [0.1, 0.15) is 12.1 Å². The second kappa shape index (κ2) is 8.28. The SMILES string of the molecule is CCCC(=O)NCCn1ncc2c(NCCOC)ncnc21. The highest BCUT2D eigenvalue weighted by molar-refractivity contribution is 5.86. The summed E-state index contributed by atoms with van der Waals surface area (Å²) in [7, 11) is 1.65. The van der Waals surface area contributed by atoms with Crippen molar-refractivity contribution >= 4 is 22.8 Å². The molecule has 1 amide bonds. The molecule has 2 rings (SSSR count). The molecule has 0 bridgehead atoms. The number of fused-ring (bicyclic) bond motifs is 1. The van der Waals surface area contributed by atoms with Crippen molar-refractivity contribution in [2.24, 2.45) is 0 Å². The van der Waals surface area contributed by atoms with Gasteiger partial charge >= 0.3 is 0 Å². The fourth-order valence-electron chi connectivity index (χ4n) is 2.09. The van der Waals surface area contributed by atoms with E-state index in [9.17, 15) is 4.79 Å². The number of nitrogens with zero attached hydrogens (tertiary/aromatic N) is 4. The van der Waals surface area contributed by atoms with Gasteiger partial charge in [0, 0.05) is 26.6 Å². The van der Waals surface area contributed by atoms with Crippen molar-refractivity contribution in [2.45, 2.75) is 26.3 Å². The lowest BCUT2D eigenvalue weighted by atomic mass is 10.3. The zero-order valence-electron chi connectivity index (χ0n) is 13.0. The number of rotatable bonds is 9. The number of hydrogen-bond donors (Lipinski definition) is 2. The lowest BCUT2D eigenvalue weighted by Crippen LogP contribution is -2.27. The number of carbonyl (C=O) groups excluding carboxylic acids is 1. The average molecular weight is 306 g/mol. The molecule has 120 valence electrons.